The van der Waals surface area contributed by atoms with Crippen LogP contribution in [-0.2, 0) is 0 Å². The van der Waals surface area contributed by atoms with E-state index >= 15 is 0 Å². The lowest BCUT2D eigenvalue weighted by atomic mass is 9.92. The van der Waals surface area contributed by atoms with Crippen molar-refractivity contribution in [2.75, 3.05) is 18.4 Å². The molecule has 5 heteroatoms. The van der Waals surface area contributed by atoms with E-state index in [0.717, 1.165) is 42.7 Å². The number of para-hydroxylation sites is 1. The third-order valence-electron chi connectivity index (χ3n) is 5.25. The van der Waals surface area contributed by atoms with Crippen LogP contribution in [0.15, 0.2) is 36.5 Å². The predicted octanol–water partition coefficient (Wildman–Crippen LogP) is 4.82. The topological polar surface area (TPSA) is 62.3 Å². The summed E-state index contributed by atoms with van der Waals surface area (Å²) in [6.45, 7) is 10.00. The first kappa shape index (κ1) is 20.1. The molecule has 2 heterocycles. The number of anilines is 1. The molecule has 0 unspecified atom stereocenters. The second kappa shape index (κ2) is 8.55. The number of pyridine rings is 1. The molecule has 3 rings (SSSR count). The molecule has 0 spiro atoms. The van der Waals surface area contributed by atoms with E-state index in [1.165, 1.54) is 6.20 Å². The molecule has 2 amide bonds. The van der Waals surface area contributed by atoms with Gasteiger partial charge in [-0.25, -0.2) is 0 Å². The van der Waals surface area contributed by atoms with Crippen molar-refractivity contribution < 1.29 is 9.59 Å². The van der Waals surface area contributed by atoms with Gasteiger partial charge in [-0.15, -0.1) is 0 Å². The van der Waals surface area contributed by atoms with Crippen LogP contribution in [0.2, 0.25) is 0 Å². The van der Waals surface area contributed by atoms with Crippen molar-refractivity contribution >= 4 is 17.5 Å². The van der Waals surface area contributed by atoms with Crippen molar-refractivity contribution in [3.63, 3.8) is 0 Å². The highest BCUT2D eigenvalue weighted by atomic mass is 16.2. The standard InChI is InChI=1S/C23H29N3O2/c1-15(2)18-8-7-9-19(16(3)4)21(18)25-22(27)17-10-11-24-20(14-17)23(28)26-12-5-6-13-26/h7-11,14-16H,5-6,12-13H2,1-4H3,(H,25,27). The molecule has 0 radical (unpaired) electrons. The van der Waals surface area contributed by atoms with Crippen molar-refractivity contribution in [3.8, 4) is 0 Å². The lowest BCUT2D eigenvalue weighted by Crippen LogP contribution is -2.28. The number of hydrogen-bond acceptors (Lipinski definition) is 3. The largest absolute Gasteiger partial charge is 0.337 e. The summed E-state index contributed by atoms with van der Waals surface area (Å²) in [5.74, 6) is 0.267. The van der Waals surface area contributed by atoms with Gasteiger partial charge in [0.2, 0.25) is 0 Å². The number of aromatic nitrogens is 1. The number of rotatable bonds is 5. The summed E-state index contributed by atoms with van der Waals surface area (Å²) in [7, 11) is 0. The monoisotopic (exact) mass is 379 g/mol. The Bertz CT molecular complexity index is 842. The summed E-state index contributed by atoms with van der Waals surface area (Å²) in [5, 5.41) is 3.10. The fourth-order valence-electron chi connectivity index (χ4n) is 3.65. The van der Waals surface area contributed by atoms with Gasteiger partial charge in [0.15, 0.2) is 0 Å². The molecule has 5 nitrogen and oxygen atoms in total. The molecule has 0 aliphatic carbocycles. The molecule has 0 bridgehead atoms. The zero-order valence-electron chi connectivity index (χ0n) is 17.2. The molecule has 1 saturated heterocycles. The molecule has 0 atom stereocenters. The summed E-state index contributed by atoms with van der Waals surface area (Å²) in [5.41, 5.74) is 3.88. The Morgan fingerprint density at radius 2 is 1.61 bits per heavy atom. The number of amides is 2. The summed E-state index contributed by atoms with van der Waals surface area (Å²) < 4.78 is 0. The van der Waals surface area contributed by atoms with Crippen molar-refractivity contribution in [1.29, 1.82) is 0 Å². The van der Waals surface area contributed by atoms with Crippen LogP contribution in [0.5, 0.6) is 0 Å². The maximum absolute atomic E-state index is 13.0. The number of nitrogens with one attached hydrogen (secondary N) is 1. The van der Waals surface area contributed by atoms with E-state index in [1.807, 2.05) is 6.07 Å². The molecule has 0 saturated carbocycles. The predicted molar refractivity (Wildman–Crippen MR) is 112 cm³/mol. The molecule has 1 aliphatic rings. The number of likely N-dealkylation sites (tertiary alicyclic amines) is 1. The van der Waals surface area contributed by atoms with Gasteiger partial charge < -0.3 is 10.2 Å². The molecular weight excluding hydrogens is 350 g/mol. The first-order chi connectivity index (χ1) is 13.4. The fourth-order valence-corrected chi connectivity index (χ4v) is 3.65. The molecule has 28 heavy (non-hydrogen) atoms. The van der Waals surface area contributed by atoms with Crippen LogP contribution in [0.1, 0.15) is 84.3 Å². The van der Waals surface area contributed by atoms with Crippen molar-refractivity contribution in [2.24, 2.45) is 0 Å². The number of nitrogens with zero attached hydrogens (tertiary/aromatic N) is 2. The van der Waals surface area contributed by atoms with Gasteiger partial charge in [0.25, 0.3) is 11.8 Å². The van der Waals surface area contributed by atoms with Crippen LogP contribution >= 0.6 is 0 Å². The second-order valence-corrected chi connectivity index (χ2v) is 8.00. The van der Waals surface area contributed by atoms with E-state index < -0.39 is 0 Å². The first-order valence-electron chi connectivity index (χ1n) is 10.1. The van der Waals surface area contributed by atoms with E-state index in [1.54, 1.807) is 17.0 Å². The van der Waals surface area contributed by atoms with Gasteiger partial charge in [-0.05, 0) is 47.9 Å². The van der Waals surface area contributed by atoms with Crippen LogP contribution < -0.4 is 5.32 Å². The molecular formula is C23H29N3O2. The lowest BCUT2D eigenvalue weighted by molar-refractivity contribution is 0.0787. The van der Waals surface area contributed by atoms with Crippen LogP contribution in [0.4, 0.5) is 5.69 Å². The van der Waals surface area contributed by atoms with Gasteiger partial charge in [-0.2, -0.15) is 0 Å². The average molecular weight is 380 g/mol. The van der Waals surface area contributed by atoms with Gasteiger partial charge in [0, 0.05) is 30.5 Å². The zero-order valence-corrected chi connectivity index (χ0v) is 17.2. The highest BCUT2D eigenvalue weighted by molar-refractivity contribution is 6.06. The van der Waals surface area contributed by atoms with Crippen LogP contribution in [-0.4, -0.2) is 34.8 Å². The third-order valence-corrected chi connectivity index (χ3v) is 5.25. The lowest BCUT2D eigenvalue weighted by Gasteiger charge is -2.20. The van der Waals surface area contributed by atoms with Crippen molar-refractivity contribution in [1.82, 2.24) is 9.88 Å². The Labute approximate surface area is 167 Å². The van der Waals surface area contributed by atoms with Gasteiger partial charge in [-0.3, -0.25) is 14.6 Å². The first-order valence-corrected chi connectivity index (χ1v) is 10.1. The van der Waals surface area contributed by atoms with E-state index in [0.29, 0.717) is 23.1 Å². The van der Waals surface area contributed by atoms with Crippen LogP contribution in [0.25, 0.3) is 0 Å². The highest BCUT2D eigenvalue weighted by Crippen LogP contribution is 2.32. The second-order valence-electron chi connectivity index (χ2n) is 8.00. The van der Waals surface area contributed by atoms with E-state index in [-0.39, 0.29) is 11.8 Å². The number of carbonyl (C=O) groups excluding carboxylic acids is 2. The zero-order chi connectivity index (χ0) is 20.3. The van der Waals surface area contributed by atoms with Crippen LogP contribution in [0, 0.1) is 0 Å². The third kappa shape index (κ3) is 4.24. The Morgan fingerprint density at radius 3 is 2.18 bits per heavy atom. The molecule has 2 aromatic rings. The quantitative estimate of drug-likeness (QED) is 0.810. The van der Waals surface area contributed by atoms with Crippen molar-refractivity contribution in [3.05, 3.63) is 58.9 Å². The Balaban J connectivity index is 1.88. The molecule has 1 aromatic heterocycles. The van der Waals surface area contributed by atoms with Crippen LogP contribution in [0.3, 0.4) is 0 Å². The van der Waals surface area contributed by atoms with E-state index in [9.17, 15) is 9.59 Å². The molecule has 1 fully saturated rings. The molecule has 1 N–H and O–H groups in total. The number of hydrogen-bond donors (Lipinski definition) is 1. The number of carbonyl (C=O) groups is 2. The number of benzene rings is 1. The van der Waals surface area contributed by atoms with Gasteiger partial charge in [-0.1, -0.05) is 45.9 Å². The molecule has 148 valence electrons. The Kier molecular flexibility index (Phi) is 6.12. The van der Waals surface area contributed by atoms with E-state index in [2.05, 4.69) is 50.1 Å². The maximum atomic E-state index is 13.0. The normalized spacial score (nSPS) is 14.0. The minimum Gasteiger partial charge on any atom is -0.337 e. The minimum absolute atomic E-state index is 0.0994. The van der Waals surface area contributed by atoms with E-state index in [4.69, 9.17) is 0 Å². The SMILES string of the molecule is CC(C)c1cccc(C(C)C)c1NC(=O)c1ccnc(C(=O)N2CCCC2)c1. The van der Waals surface area contributed by atoms with Gasteiger partial charge in [0.1, 0.15) is 5.69 Å². The summed E-state index contributed by atoms with van der Waals surface area (Å²) in [4.78, 5) is 31.6. The summed E-state index contributed by atoms with van der Waals surface area (Å²) in [6, 6.07) is 9.41. The van der Waals surface area contributed by atoms with Crippen molar-refractivity contribution in [2.45, 2.75) is 52.4 Å². The summed E-state index contributed by atoms with van der Waals surface area (Å²) in [6.07, 6.45) is 3.59. The molecule has 1 aromatic carbocycles. The Morgan fingerprint density at radius 1 is 1.00 bits per heavy atom. The highest BCUT2D eigenvalue weighted by Gasteiger charge is 2.22. The minimum atomic E-state index is -0.215. The fraction of sp³-hybridized carbons (Fsp3) is 0.435. The Hall–Kier alpha value is -2.69. The van der Waals surface area contributed by atoms with Gasteiger partial charge >= 0.3 is 0 Å². The van der Waals surface area contributed by atoms with Gasteiger partial charge in [0.05, 0.1) is 0 Å². The summed E-state index contributed by atoms with van der Waals surface area (Å²) >= 11 is 0. The maximum Gasteiger partial charge on any atom is 0.272 e. The molecule has 1 aliphatic heterocycles. The average Bonchev–Trinajstić information content (AvgIpc) is 3.22. The smallest absolute Gasteiger partial charge is 0.272 e.